The van der Waals surface area contributed by atoms with Crippen molar-refractivity contribution in [2.24, 2.45) is 0 Å². The van der Waals surface area contributed by atoms with Crippen LogP contribution in [0.2, 0.25) is 5.02 Å². The fourth-order valence-electron chi connectivity index (χ4n) is 3.00. The lowest BCUT2D eigenvalue weighted by Crippen LogP contribution is -2.37. The van der Waals surface area contributed by atoms with Crippen molar-refractivity contribution in [3.63, 3.8) is 0 Å². The van der Waals surface area contributed by atoms with Crippen molar-refractivity contribution in [2.45, 2.75) is 4.90 Å². The maximum absolute atomic E-state index is 12.6. The molecule has 3 aromatic carbocycles. The predicted octanol–water partition coefficient (Wildman–Crippen LogP) is 3.55. The Kier molecular flexibility index (Phi) is 7.70. The lowest BCUT2D eigenvalue weighted by atomic mass is 10.3. The Labute approximate surface area is 203 Å². The zero-order chi connectivity index (χ0) is 24.9. The Hall–Kier alpha value is -3.28. The first kappa shape index (κ1) is 25.3. The minimum absolute atomic E-state index is 0.0211. The third kappa shape index (κ3) is 6.40. The van der Waals surface area contributed by atoms with Crippen LogP contribution in [0.1, 0.15) is 0 Å². The Balaban J connectivity index is 1.73. The number of rotatable bonds is 9. The summed E-state index contributed by atoms with van der Waals surface area (Å²) in [6, 6.07) is 18.1. The summed E-state index contributed by atoms with van der Waals surface area (Å²) in [5, 5.41) is 3.05. The number of para-hydroxylation sites is 2. The molecule has 0 spiro atoms. The van der Waals surface area contributed by atoms with Gasteiger partial charge in [0.15, 0.2) is 0 Å². The van der Waals surface area contributed by atoms with Gasteiger partial charge in [-0.15, -0.1) is 0 Å². The van der Waals surface area contributed by atoms with Crippen molar-refractivity contribution in [3.8, 4) is 5.75 Å². The zero-order valence-electron chi connectivity index (χ0n) is 18.2. The number of anilines is 3. The molecule has 3 rings (SSSR count). The number of halogens is 1. The predicted molar refractivity (Wildman–Crippen MR) is 133 cm³/mol. The fraction of sp³-hybridized carbons (Fsp3) is 0.136. The molecule has 0 heterocycles. The Morgan fingerprint density at radius 3 is 2.09 bits per heavy atom. The summed E-state index contributed by atoms with van der Waals surface area (Å²) in [6.07, 6.45) is 0.986. The van der Waals surface area contributed by atoms with E-state index >= 15 is 0 Å². The molecule has 2 N–H and O–H groups in total. The highest BCUT2D eigenvalue weighted by molar-refractivity contribution is 7.92. The second kappa shape index (κ2) is 10.3. The maximum atomic E-state index is 12.6. The van der Waals surface area contributed by atoms with Crippen LogP contribution in [-0.2, 0) is 24.8 Å². The summed E-state index contributed by atoms with van der Waals surface area (Å²) in [5.74, 6) is -0.324. The van der Waals surface area contributed by atoms with Crippen molar-refractivity contribution in [1.29, 1.82) is 0 Å². The first-order valence-corrected chi connectivity index (χ1v) is 13.5. The fourth-order valence-corrected chi connectivity index (χ4v) is 5.04. The van der Waals surface area contributed by atoms with Crippen LogP contribution >= 0.6 is 11.6 Å². The van der Waals surface area contributed by atoms with Gasteiger partial charge in [-0.2, -0.15) is 0 Å². The average molecular weight is 524 g/mol. The zero-order valence-corrected chi connectivity index (χ0v) is 20.6. The first-order valence-electron chi connectivity index (χ1n) is 9.78. The number of benzene rings is 3. The molecule has 0 unspecified atom stereocenters. The summed E-state index contributed by atoms with van der Waals surface area (Å²) in [4.78, 5) is 12.6. The molecular formula is C22H22ClN3O6S2. The third-order valence-electron chi connectivity index (χ3n) is 4.59. The largest absolute Gasteiger partial charge is 0.495 e. The summed E-state index contributed by atoms with van der Waals surface area (Å²) in [7, 11) is -6.26. The number of hydrogen-bond acceptors (Lipinski definition) is 6. The van der Waals surface area contributed by atoms with Crippen molar-refractivity contribution < 1.29 is 26.4 Å². The van der Waals surface area contributed by atoms with Gasteiger partial charge in [0, 0.05) is 16.4 Å². The number of ether oxygens (including phenoxy) is 1. The maximum Gasteiger partial charge on any atom is 0.261 e. The molecule has 0 saturated carbocycles. The highest BCUT2D eigenvalue weighted by Gasteiger charge is 2.24. The van der Waals surface area contributed by atoms with Gasteiger partial charge in [0.05, 0.1) is 23.9 Å². The minimum atomic E-state index is -3.86. The lowest BCUT2D eigenvalue weighted by Gasteiger charge is -2.23. The standard InChI is InChI=1S/C22H22ClN3O6S2/c1-32-21-6-4-3-5-20(21)26(33(2,28)29)15-22(27)24-17-11-13-19(14-12-17)34(30,31)25-18-9-7-16(23)8-10-18/h3-14,25H,15H2,1-2H3,(H,24,27). The van der Waals surface area contributed by atoms with Gasteiger partial charge < -0.3 is 10.1 Å². The van der Waals surface area contributed by atoms with Crippen LogP contribution in [-0.4, -0.2) is 42.7 Å². The first-order chi connectivity index (χ1) is 16.0. The third-order valence-corrected chi connectivity index (χ3v) is 7.36. The molecule has 180 valence electrons. The van der Waals surface area contributed by atoms with Gasteiger partial charge in [0.25, 0.3) is 10.0 Å². The van der Waals surface area contributed by atoms with E-state index in [0.717, 1.165) is 10.6 Å². The smallest absolute Gasteiger partial charge is 0.261 e. The van der Waals surface area contributed by atoms with Crippen LogP contribution in [0, 0.1) is 0 Å². The number of methoxy groups -OCH3 is 1. The van der Waals surface area contributed by atoms with Crippen LogP contribution in [0.3, 0.4) is 0 Å². The molecule has 34 heavy (non-hydrogen) atoms. The number of nitrogens with zero attached hydrogens (tertiary/aromatic N) is 1. The number of carbonyl (C=O) groups is 1. The lowest BCUT2D eigenvalue weighted by molar-refractivity contribution is -0.114. The van der Waals surface area contributed by atoms with Gasteiger partial charge in [-0.05, 0) is 60.7 Å². The van der Waals surface area contributed by atoms with Gasteiger partial charge in [-0.1, -0.05) is 23.7 Å². The van der Waals surface area contributed by atoms with Gasteiger partial charge in [-0.25, -0.2) is 16.8 Å². The Bertz CT molecular complexity index is 1380. The van der Waals surface area contributed by atoms with Crippen LogP contribution in [0.25, 0.3) is 0 Å². The van der Waals surface area contributed by atoms with Gasteiger partial charge in [-0.3, -0.25) is 13.8 Å². The highest BCUT2D eigenvalue weighted by atomic mass is 35.5. The molecule has 1 amide bonds. The number of nitrogens with one attached hydrogen (secondary N) is 2. The molecular weight excluding hydrogens is 502 g/mol. The molecule has 0 saturated heterocycles. The van der Waals surface area contributed by atoms with E-state index in [1.807, 2.05) is 0 Å². The van der Waals surface area contributed by atoms with Crippen LogP contribution in [0.4, 0.5) is 17.1 Å². The van der Waals surface area contributed by atoms with Crippen LogP contribution in [0.5, 0.6) is 5.75 Å². The highest BCUT2D eigenvalue weighted by Crippen LogP contribution is 2.29. The van der Waals surface area contributed by atoms with E-state index in [1.165, 1.54) is 49.6 Å². The second-order valence-electron chi connectivity index (χ2n) is 7.13. The van der Waals surface area contributed by atoms with Crippen LogP contribution < -0.4 is 19.1 Å². The Morgan fingerprint density at radius 1 is 0.912 bits per heavy atom. The summed E-state index contributed by atoms with van der Waals surface area (Å²) >= 11 is 5.81. The monoisotopic (exact) mass is 523 g/mol. The number of amides is 1. The molecule has 0 radical (unpaired) electrons. The van der Waals surface area contributed by atoms with E-state index in [4.69, 9.17) is 16.3 Å². The van der Waals surface area contributed by atoms with E-state index in [-0.39, 0.29) is 10.6 Å². The average Bonchev–Trinajstić information content (AvgIpc) is 2.78. The van der Waals surface area contributed by atoms with Crippen molar-refractivity contribution in [1.82, 2.24) is 0 Å². The Morgan fingerprint density at radius 2 is 1.50 bits per heavy atom. The molecule has 12 heteroatoms. The summed E-state index contributed by atoms with van der Waals surface area (Å²) in [5.41, 5.74) is 0.861. The molecule has 0 atom stereocenters. The molecule has 0 aliphatic rings. The molecule has 0 fully saturated rings. The van der Waals surface area contributed by atoms with E-state index in [9.17, 15) is 21.6 Å². The van der Waals surface area contributed by atoms with Gasteiger partial charge in [0.1, 0.15) is 12.3 Å². The quantitative estimate of drug-likeness (QED) is 0.442. The van der Waals surface area contributed by atoms with Crippen molar-refractivity contribution in [3.05, 3.63) is 77.8 Å². The molecule has 9 nitrogen and oxygen atoms in total. The van der Waals surface area contributed by atoms with Crippen molar-refractivity contribution >= 4 is 54.6 Å². The summed E-state index contributed by atoms with van der Waals surface area (Å²) in [6.45, 7) is -0.503. The van der Waals surface area contributed by atoms with Gasteiger partial charge in [0.2, 0.25) is 15.9 Å². The normalized spacial score (nSPS) is 11.5. The van der Waals surface area contributed by atoms with Gasteiger partial charge >= 0.3 is 0 Å². The van der Waals surface area contributed by atoms with Crippen molar-refractivity contribution in [2.75, 3.05) is 34.3 Å². The molecule has 3 aromatic rings. The second-order valence-corrected chi connectivity index (χ2v) is 11.2. The van der Waals surface area contributed by atoms with E-state index in [2.05, 4.69) is 10.0 Å². The molecule has 0 aliphatic carbocycles. The number of hydrogen-bond donors (Lipinski definition) is 2. The molecule has 0 aliphatic heterocycles. The van der Waals surface area contributed by atoms with E-state index < -0.39 is 32.5 Å². The topological polar surface area (TPSA) is 122 Å². The number of carbonyl (C=O) groups excluding carboxylic acids is 1. The SMILES string of the molecule is COc1ccccc1N(CC(=O)Nc1ccc(S(=O)(=O)Nc2ccc(Cl)cc2)cc1)S(C)(=O)=O. The number of sulfonamides is 2. The minimum Gasteiger partial charge on any atom is -0.495 e. The van der Waals surface area contributed by atoms with Crippen LogP contribution in [0.15, 0.2) is 77.7 Å². The molecule has 0 aromatic heterocycles. The van der Waals surface area contributed by atoms with E-state index in [1.54, 1.807) is 30.3 Å². The van der Waals surface area contributed by atoms with E-state index in [0.29, 0.717) is 22.1 Å². The summed E-state index contributed by atoms with van der Waals surface area (Å²) < 4.78 is 58.4. The molecule has 0 bridgehead atoms.